The monoisotopic (exact) mass is 540 g/mol. The molecule has 0 atom stereocenters. The van der Waals surface area contributed by atoms with Crippen LogP contribution >= 0.6 is 0 Å². The Labute approximate surface area is 236 Å². The number of aromatic nitrogens is 5. The van der Waals surface area contributed by atoms with E-state index in [2.05, 4.69) is 20.4 Å². The van der Waals surface area contributed by atoms with E-state index in [-0.39, 0.29) is 5.91 Å². The first-order valence-corrected chi connectivity index (χ1v) is 13.4. The molecule has 1 amide bonds. The van der Waals surface area contributed by atoms with E-state index < -0.39 is 0 Å². The van der Waals surface area contributed by atoms with Crippen LogP contribution in [0.15, 0.2) is 79.1 Å². The number of H-pyrrole nitrogens is 1. The zero-order valence-corrected chi connectivity index (χ0v) is 22.9. The molecule has 3 aromatic carbocycles. The van der Waals surface area contributed by atoms with Crippen LogP contribution in [0.5, 0.6) is 0 Å². The number of nitrogens with two attached hydrogens (primary N) is 1. The van der Waals surface area contributed by atoms with Gasteiger partial charge < -0.3 is 20.9 Å². The number of carbonyl (C=O) groups excluding carboxylic acids is 1. The first-order valence-electron chi connectivity index (χ1n) is 13.4. The lowest BCUT2D eigenvalue weighted by molar-refractivity contribution is 0.0997. The minimum absolute atomic E-state index is 0.0321. The lowest BCUT2D eigenvalue weighted by Crippen LogP contribution is -2.23. The van der Waals surface area contributed by atoms with E-state index in [0.717, 1.165) is 55.8 Å². The minimum atomic E-state index is -0.0321. The van der Waals surface area contributed by atoms with Crippen molar-refractivity contribution in [2.24, 2.45) is 7.05 Å². The van der Waals surface area contributed by atoms with Gasteiger partial charge in [0.05, 0.1) is 23.4 Å². The molecule has 41 heavy (non-hydrogen) atoms. The Kier molecular flexibility index (Phi) is 5.60. The molecule has 1 aliphatic heterocycles. The van der Waals surface area contributed by atoms with Gasteiger partial charge in [-0.1, -0.05) is 42.5 Å². The summed E-state index contributed by atoms with van der Waals surface area (Å²) in [5.41, 5.74) is 16.0. The second-order valence-corrected chi connectivity index (χ2v) is 10.4. The van der Waals surface area contributed by atoms with Gasteiger partial charge in [0.2, 0.25) is 5.95 Å². The number of carbonyl (C=O) groups is 1. The molecule has 0 radical (unpaired) electrons. The zero-order chi connectivity index (χ0) is 28.2. The topological polar surface area (TPSA) is 118 Å². The average molecular weight is 541 g/mol. The second-order valence-electron chi connectivity index (χ2n) is 10.4. The number of hydrogen-bond donors (Lipinski definition) is 3. The molecule has 3 aromatic heterocycles. The maximum Gasteiger partial charge on any atom is 0.259 e. The molecule has 0 spiro atoms. The fraction of sp³-hybridized carbons (Fsp3) is 0.125. The first kappa shape index (κ1) is 24.6. The summed E-state index contributed by atoms with van der Waals surface area (Å²) in [4.78, 5) is 28.3. The normalized spacial score (nSPS) is 12.8. The van der Waals surface area contributed by atoms with Crippen LogP contribution in [-0.4, -0.2) is 30.6 Å². The summed E-state index contributed by atoms with van der Waals surface area (Å²) in [6.45, 7) is 4.44. The number of aromatic amines is 1. The van der Waals surface area contributed by atoms with Crippen LogP contribution in [0.2, 0.25) is 0 Å². The van der Waals surface area contributed by atoms with Gasteiger partial charge in [0, 0.05) is 59.0 Å². The summed E-state index contributed by atoms with van der Waals surface area (Å²) in [6, 6.07) is 21.6. The second kappa shape index (κ2) is 9.34. The third kappa shape index (κ3) is 4.01. The van der Waals surface area contributed by atoms with E-state index in [1.807, 2.05) is 98.7 Å². The molecular formula is C32H28N8O. The number of rotatable bonds is 5. The molecule has 0 aliphatic carbocycles. The fourth-order valence-electron chi connectivity index (χ4n) is 5.59. The summed E-state index contributed by atoms with van der Waals surface area (Å²) in [6.07, 6.45) is 3.75. The molecule has 4 N–H and O–H groups in total. The Balaban J connectivity index is 1.27. The maximum absolute atomic E-state index is 13.7. The van der Waals surface area contributed by atoms with E-state index >= 15 is 0 Å². The van der Waals surface area contributed by atoms with Crippen molar-refractivity contribution in [1.82, 2.24) is 24.7 Å². The number of benzene rings is 3. The average Bonchev–Trinajstić information content (AvgIpc) is 3.65. The summed E-state index contributed by atoms with van der Waals surface area (Å²) in [5, 5.41) is 8.64. The van der Waals surface area contributed by atoms with Crippen LogP contribution in [-0.2, 0) is 13.6 Å². The van der Waals surface area contributed by atoms with Crippen LogP contribution in [0.3, 0.4) is 0 Å². The van der Waals surface area contributed by atoms with Crippen molar-refractivity contribution in [3.63, 3.8) is 0 Å². The zero-order valence-electron chi connectivity index (χ0n) is 22.9. The molecule has 7 rings (SSSR count). The lowest BCUT2D eigenvalue weighted by atomic mass is 9.96. The smallest absolute Gasteiger partial charge is 0.259 e. The van der Waals surface area contributed by atoms with Crippen LogP contribution < -0.4 is 16.0 Å². The number of nitrogen functional groups attached to an aromatic ring is 1. The summed E-state index contributed by atoms with van der Waals surface area (Å²) in [7, 11) is 1.90. The van der Waals surface area contributed by atoms with Crippen LogP contribution in [0.4, 0.5) is 23.1 Å². The quantitative estimate of drug-likeness (QED) is 0.227. The van der Waals surface area contributed by atoms with Gasteiger partial charge in [-0.05, 0) is 48.7 Å². The van der Waals surface area contributed by atoms with Crippen molar-refractivity contribution in [3.8, 4) is 22.4 Å². The molecule has 202 valence electrons. The number of nitrogens with zero attached hydrogens (tertiary/aromatic N) is 5. The number of hydrogen-bond acceptors (Lipinski definition) is 6. The Morgan fingerprint density at radius 3 is 2.54 bits per heavy atom. The fourth-order valence-corrected chi connectivity index (χ4v) is 5.59. The Bertz CT molecular complexity index is 1970. The van der Waals surface area contributed by atoms with Crippen molar-refractivity contribution < 1.29 is 4.79 Å². The van der Waals surface area contributed by atoms with Crippen molar-refractivity contribution >= 4 is 40.0 Å². The van der Waals surface area contributed by atoms with Crippen LogP contribution in [0.25, 0.3) is 33.3 Å². The van der Waals surface area contributed by atoms with Gasteiger partial charge in [-0.3, -0.25) is 9.48 Å². The molecule has 0 fully saturated rings. The number of aryl methyl sites for hydroxylation is 3. The molecule has 9 nitrogen and oxygen atoms in total. The highest BCUT2D eigenvalue weighted by atomic mass is 16.2. The summed E-state index contributed by atoms with van der Waals surface area (Å²) < 4.78 is 1.80. The van der Waals surface area contributed by atoms with Gasteiger partial charge in [0.1, 0.15) is 0 Å². The minimum Gasteiger partial charge on any atom is -0.398 e. The van der Waals surface area contributed by atoms with Crippen molar-refractivity contribution in [3.05, 3.63) is 102 Å². The highest BCUT2D eigenvalue weighted by Crippen LogP contribution is 2.40. The lowest BCUT2D eigenvalue weighted by Gasteiger charge is -2.17. The van der Waals surface area contributed by atoms with Crippen LogP contribution in [0, 0.1) is 13.8 Å². The Morgan fingerprint density at radius 2 is 1.73 bits per heavy atom. The molecular weight excluding hydrogens is 512 g/mol. The van der Waals surface area contributed by atoms with Gasteiger partial charge in [0.25, 0.3) is 5.91 Å². The van der Waals surface area contributed by atoms with Crippen molar-refractivity contribution in [2.75, 3.05) is 16.0 Å². The van der Waals surface area contributed by atoms with Gasteiger partial charge in [0.15, 0.2) is 5.82 Å². The van der Waals surface area contributed by atoms with Gasteiger partial charge >= 0.3 is 0 Å². The number of fused-ring (bicyclic) bond motifs is 2. The van der Waals surface area contributed by atoms with E-state index in [1.165, 1.54) is 0 Å². The third-order valence-corrected chi connectivity index (χ3v) is 7.78. The summed E-state index contributed by atoms with van der Waals surface area (Å²) >= 11 is 0. The molecule has 9 heteroatoms. The predicted molar refractivity (Wildman–Crippen MR) is 162 cm³/mol. The molecule has 4 heterocycles. The molecule has 0 saturated heterocycles. The maximum atomic E-state index is 13.7. The third-order valence-electron chi connectivity index (χ3n) is 7.78. The predicted octanol–water partition coefficient (Wildman–Crippen LogP) is 6.13. The number of amides is 1. The number of para-hydroxylation sites is 2. The van der Waals surface area contributed by atoms with Crippen LogP contribution in [0.1, 0.15) is 27.2 Å². The van der Waals surface area contributed by atoms with E-state index in [4.69, 9.17) is 10.7 Å². The summed E-state index contributed by atoms with van der Waals surface area (Å²) in [5.74, 6) is 1.12. The Morgan fingerprint density at radius 1 is 0.951 bits per heavy atom. The van der Waals surface area contributed by atoms with E-state index in [9.17, 15) is 4.79 Å². The van der Waals surface area contributed by atoms with Gasteiger partial charge in [-0.25, -0.2) is 9.97 Å². The van der Waals surface area contributed by atoms with E-state index in [0.29, 0.717) is 29.6 Å². The number of anilines is 4. The first-order chi connectivity index (χ1) is 19.9. The van der Waals surface area contributed by atoms with Crippen molar-refractivity contribution in [2.45, 2.75) is 20.4 Å². The Hall–Kier alpha value is -5.44. The molecule has 0 saturated carbocycles. The SMILES string of the molecule is Cc1cnc(Nc2cc(C)n(C)n2)nc1-c1c[nH]c2c(N3Cc4c(cccc4-c4ccccc4N)C3=O)cccc12. The van der Waals surface area contributed by atoms with Gasteiger partial charge in [-0.15, -0.1) is 0 Å². The molecule has 1 aliphatic rings. The number of nitrogens with one attached hydrogen (secondary N) is 2. The highest BCUT2D eigenvalue weighted by molar-refractivity contribution is 6.15. The largest absolute Gasteiger partial charge is 0.398 e. The van der Waals surface area contributed by atoms with Crippen molar-refractivity contribution in [1.29, 1.82) is 0 Å². The molecule has 0 bridgehead atoms. The molecule has 0 unspecified atom stereocenters. The standard InChI is InChI=1S/C32H28N8O/c1-18-15-35-32(36-28-14-19(2)39(3)38-28)37-29(18)24-16-34-30-22(24)10-7-13-27(30)40-17-25-20(9-6-11-23(25)31(40)41)21-8-4-5-12-26(21)33/h4-16,34H,17,33H2,1-3H3,(H,35,36,37,38). The van der Waals surface area contributed by atoms with E-state index in [1.54, 1.807) is 10.9 Å². The molecule has 6 aromatic rings. The van der Waals surface area contributed by atoms with Gasteiger partial charge in [-0.2, -0.15) is 5.10 Å². The highest BCUT2D eigenvalue weighted by Gasteiger charge is 2.32.